The highest BCUT2D eigenvalue weighted by molar-refractivity contribution is 8.07. The summed E-state index contributed by atoms with van der Waals surface area (Å²) in [5.41, 5.74) is 0. The van der Waals surface area contributed by atoms with Crippen LogP contribution in [-0.2, 0) is 0 Å². The minimum absolute atomic E-state index is 1.11. The summed E-state index contributed by atoms with van der Waals surface area (Å²) in [6.45, 7) is 2.30. The second kappa shape index (κ2) is 2.77. The molecule has 0 nitrogen and oxygen atoms in total. The lowest BCUT2D eigenvalue weighted by Crippen LogP contribution is -2.00. The molecule has 10 heavy (non-hydrogen) atoms. The van der Waals surface area contributed by atoms with Crippen LogP contribution < -0.4 is 0 Å². The van der Waals surface area contributed by atoms with E-state index in [-0.39, 0.29) is 0 Å². The summed E-state index contributed by atoms with van der Waals surface area (Å²) >= 11 is 2.24. The molecule has 3 unspecified atom stereocenters. The molecule has 1 aliphatic carbocycles. The third-order valence-electron chi connectivity index (χ3n) is 2.84. The highest BCUT2D eigenvalue weighted by Gasteiger charge is 2.48. The van der Waals surface area contributed by atoms with Gasteiger partial charge < -0.3 is 0 Å². The molecule has 2 fully saturated rings. The van der Waals surface area contributed by atoms with Gasteiger partial charge in [0, 0.05) is 10.5 Å². The summed E-state index contributed by atoms with van der Waals surface area (Å²) < 4.78 is 0. The molecule has 1 saturated carbocycles. The zero-order valence-corrected chi connectivity index (χ0v) is 7.49. The van der Waals surface area contributed by atoms with Gasteiger partial charge in [0.1, 0.15) is 0 Å². The fraction of sp³-hybridized carbons (Fsp3) is 1.00. The highest BCUT2D eigenvalue weighted by Crippen LogP contribution is 2.57. The molecule has 0 spiro atoms. The zero-order chi connectivity index (χ0) is 6.97. The molecule has 1 aliphatic heterocycles. The predicted octanol–water partition coefficient (Wildman–Crippen LogP) is 3.07. The van der Waals surface area contributed by atoms with Gasteiger partial charge in [0.15, 0.2) is 0 Å². The SMILES string of the molecule is CCCCC1CCC2SC12. The first kappa shape index (κ1) is 7.02. The van der Waals surface area contributed by atoms with Gasteiger partial charge in [0.25, 0.3) is 0 Å². The van der Waals surface area contributed by atoms with Gasteiger partial charge in [-0.25, -0.2) is 0 Å². The predicted molar refractivity (Wildman–Crippen MR) is 47.4 cm³/mol. The van der Waals surface area contributed by atoms with Gasteiger partial charge in [-0.05, 0) is 25.2 Å². The minimum Gasteiger partial charge on any atom is -0.153 e. The first-order chi connectivity index (χ1) is 4.92. The van der Waals surface area contributed by atoms with Crippen molar-refractivity contribution in [2.75, 3.05) is 0 Å². The van der Waals surface area contributed by atoms with Gasteiger partial charge in [-0.3, -0.25) is 0 Å². The van der Waals surface area contributed by atoms with Crippen molar-refractivity contribution < 1.29 is 0 Å². The number of hydrogen-bond acceptors (Lipinski definition) is 1. The maximum absolute atomic E-state index is 2.30. The average molecular weight is 156 g/mol. The van der Waals surface area contributed by atoms with E-state index in [0.717, 1.165) is 16.4 Å². The van der Waals surface area contributed by atoms with Crippen molar-refractivity contribution in [1.82, 2.24) is 0 Å². The van der Waals surface area contributed by atoms with E-state index in [1.165, 1.54) is 25.7 Å². The average Bonchev–Trinajstić information content (AvgIpc) is 2.63. The molecule has 2 aliphatic rings. The smallest absolute Gasteiger partial charge is 0.0198 e. The van der Waals surface area contributed by atoms with Gasteiger partial charge in [-0.15, -0.1) is 0 Å². The fourth-order valence-electron chi connectivity index (χ4n) is 2.12. The van der Waals surface area contributed by atoms with Crippen LogP contribution in [0.1, 0.15) is 39.0 Å². The Hall–Kier alpha value is 0.350. The van der Waals surface area contributed by atoms with Gasteiger partial charge in [0.2, 0.25) is 0 Å². The van der Waals surface area contributed by atoms with Crippen molar-refractivity contribution in [3.05, 3.63) is 0 Å². The van der Waals surface area contributed by atoms with Crippen LogP contribution in [-0.4, -0.2) is 10.5 Å². The molecule has 0 aromatic heterocycles. The molecule has 0 N–H and O–H groups in total. The molecule has 2 rings (SSSR count). The summed E-state index contributed by atoms with van der Waals surface area (Å²) in [6, 6.07) is 0. The first-order valence-corrected chi connectivity index (χ1v) is 5.51. The quantitative estimate of drug-likeness (QED) is 0.566. The van der Waals surface area contributed by atoms with E-state index in [1.807, 2.05) is 0 Å². The molecule has 0 radical (unpaired) electrons. The number of unbranched alkanes of at least 4 members (excludes halogenated alkanes) is 1. The van der Waals surface area contributed by atoms with Crippen molar-refractivity contribution in [3.63, 3.8) is 0 Å². The van der Waals surface area contributed by atoms with E-state index in [4.69, 9.17) is 0 Å². The Morgan fingerprint density at radius 1 is 1.40 bits per heavy atom. The molecule has 58 valence electrons. The van der Waals surface area contributed by atoms with E-state index in [1.54, 1.807) is 6.42 Å². The number of fused-ring (bicyclic) bond motifs is 1. The van der Waals surface area contributed by atoms with E-state index in [2.05, 4.69) is 18.7 Å². The van der Waals surface area contributed by atoms with E-state index >= 15 is 0 Å². The van der Waals surface area contributed by atoms with E-state index in [0.29, 0.717) is 0 Å². The molecular formula is C9H16S. The van der Waals surface area contributed by atoms with Gasteiger partial charge in [0.05, 0.1) is 0 Å². The number of hydrogen-bond donors (Lipinski definition) is 0. The Kier molecular flexibility index (Phi) is 1.94. The summed E-state index contributed by atoms with van der Waals surface area (Å²) in [6.07, 6.45) is 7.45. The molecular weight excluding hydrogens is 140 g/mol. The molecule has 0 aromatic rings. The Bertz CT molecular complexity index is 122. The molecule has 0 bridgehead atoms. The third kappa shape index (κ3) is 1.20. The third-order valence-corrected chi connectivity index (χ3v) is 4.43. The topological polar surface area (TPSA) is 0 Å². The van der Waals surface area contributed by atoms with Crippen molar-refractivity contribution in [3.8, 4) is 0 Å². The summed E-state index contributed by atoms with van der Waals surface area (Å²) in [4.78, 5) is 0. The van der Waals surface area contributed by atoms with Crippen molar-refractivity contribution in [2.45, 2.75) is 49.5 Å². The standard InChI is InChI=1S/C9H16S/c1-2-3-4-7-5-6-8-9(7)10-8/h7-9H,2-6H2,1H3. The molecule has 0 aromatic carbocycles. The second-order valence-corrected chi connectivity index (χ2v) is 5.04. The van der Waals surface area contributed by atoms with Crippen molar-refractivity contribution in [1.29, 1.82) is 0 Å². The monoisotopic (exact) mass is 156 g/mol. The Labute approximate surface area is 67.8 Å². The molecule has 3 atom stereocenters. The van der Waals surface area contributed by atoms with Crippen LogP contribution in [0.3, 0.4) is 0 Å². The summed E-state index contributed by atoms with van der Waals surface area (Å²) in [7, 11) is 0. The van der Waals surface area contributed by atoms with E-state index < -0.39 is 0 Å². The highest BCUT2D eigenvalue weighted by atomic mass is 32.2. The van der Waals surface area contributed by atoms with Crippen LogP contribution in [0.2, 0.25) is 0 Å². The molecule has 1 heteroatoms. The van der Waals surface area contributed by atoms with Crippen LogP contribution in [0.25, 0.3) is 0 Å². The molecule has 1 heterocycles. The van der Waals surface area contributed by atoms with Crippen LogP contribution in [0.5, 0.6) is 0 Å². The Balaban J connectivity index is 1.72. The van der Waals surface area contributed by atoms with Crippen LogP contribution in [0.15, 0.2) is 0 Å². The largest absolute Gasteiger partial charge is 0.153 e. The molecule has 0 amide bonds. The van der Waals surface area contributed by atoms with Crippen LogP contribution >= 0.6 is 11.8 Å². The van der Waals surface area contributed by atoms with Crippen LogP contribution in [0.4, 0.5) is 0 Å². The van der Waals surface area contributed by atoms with Gasteiger partial charge >= 0.3 is 0 Å². The first-order valence-electron chi connectivity index (χ1n) is 4.57. The number of rotatable bonds is 3. The lowest BCUT2D eigenvalue weighted by atomic mass is 10.0. The van der Waals surface area contributed by atoms with Crippen molar-refractivity contribution in [2.24, 2.45) is 5.92 Å². The Morgan fingerprint density at radius 3 is 2.80 bits per heavy atom. The summed E-state index contributed by atoms with van der Waals surface area (Å²) in [5.74, 6) is 1.12. The normalized spacial score (nSPS) is 43.5. The second-order valence-electron chi connectivity index (χ2n) is 3.62. The lowest BCUT2D eigenvalue weighted by molar-refractivity contribution is 0.497. The lowest BCUT2D eigenvalue weighted by Gasteiger charge is -2.08. The molecule has 1 saturated heterocycles. The maximum Gasteiger partial charge on any atom is 0.0198 e. The van der Waals surface area contributed by atoms with Gasteiger partial charge in [-0.1, -0.05) is 19.8 Å². The zero-order valence-electron chi connectivity index (χ0n) is 6.68. The number of thioether (sulfide) groups is 1. The van der Waals surface area contributed by atoms with Crippen molar-refractivity contribution >= 4 is 11.8 Å². The van der Waals surface area contributed by atoms with Gasteiger partial charge in [-0.2, -0.15) is 11.8 Å². The minimum atomic E-state index is 1.11. The summed E-state index contributed by atoms with van der Waals surface area (Å²) in [5, 5.41) is 2.23. The fourth-order valence-corrected chi connectivity index (χ4v) is 3.56. The van der Waals surface area contributed by atoms with Crippen LogP contribution in [0, 0.1) is 5.92 Å². The van der Waals surface area contributed by atoms with E-state index in [9.17, 15) is 0 Å². The maximum atomic E-state index is 2.30. The Morgan fingerprint density at radius 2 is 2.30 bits per heavy atom.